The second-order valence-corrected chi connectivity index (χ2v) is 6.47. The fraction of sp³-hybridized carbons (Fsp3) is 0.562. The minimum absolute atomic E-state index is 0. The lowest BCUT2D eigenvalue weighted by Crippen LogP contribution is -2.30. The highest BCUT2D eigenvalue weighted by Crippen LogP contribution is 2.23. The van der Waals surface area contributed by atoms with Crippen molar-refractivity contribution in [2.45, 2.75) is 25.7 Å². The molecule has 124 valence electrons. The molecule has 22 heavy (non-hydrogen) atoms. The molecule has 0 bridgehead atoms. The van der Waals surface area contributed by atoms with E-state index in [4.69, 9.17) is 23.2 Å². The lowest BCUT2D eigenvalue weighted by Gasteiger charge is -2.16. The summed E-state index contributed by atoms with van der Waals surface area (Å²) in [6.07, 6.45) is 3.42. The number of halogens is 3. The second-order valence-electron chi connectivity index (χ2n) is 5.65. The van der Waals surface area contributed by atoms with E-state index in [9.17, 15) is 4.79 Å². The van der Waals surface area contributed by atoms with Crippen molar-refractivity contribution in [3.8, 4) is 0 Å². The summed E-state index contributed by atoms with van der Waals surface area (Å²) in [4.78, 5) is 14.2. The number of aryl methyl sites for hydroxylation is 1. The van der Waals surface area contributed by atoms with Gasteiger partial charge in [-0.05, 0) is 56.5 Å². The summed E-state index contributed by atoms with van der Waals surface area (Å²) in [6, 6.07) is 5.66. The molecule has 1 atom stereocenters. The predicted octanol–water partition coefficient (Wildman–Crippen LogP) is 3.81. The van der Waals surface area contributed by atoms with E-state index in [0.29, 0.717) is 22.4 Å². The fourth-order valence-electron chi connectivity index (χ4n) is 2.81. The Morgan fingerprint density at radius 2 is 2.14 bits per heavy atom. The number of amides is 1. The van der Waals surface area contributed by atoms with Crippen LogP contribution in [-0.4, -0.2) is 37.5 Å². The predicted molar refractivity (Wildman–Crippen MR) is 95.3 cm³/mol. The van der Waals surface area contributed by atoms with Crippen LogP contribution in [0.4, 0.5) is 0 Å². The highest BCUT2D eigenvalue weighted by molar-refractivity contribution is 6.42. The van der Waals surface area contributed by atoms with Crippen molar-refractivity contribution in [3.05, 3.63) is 33.8 Å². The van der Waals surface area contributed by atoms with Gasteiger partial charge in [-0.25, -0.2) is 0 Å². The van der Waals surface area contributed by atoms with E-state index in [1.165, 1.54) is 0 Å². The molecule has 1 unspecified atom stereocenters. The Labute approximate surface area is 148 Å². The Morgan fingerprint density at radius 3 is 2.82 bits per heavy atom. The molecule has 6 heteroatoms. The van der Waals surface area contributed by atoms with Crippen molar-refractivity contribution in [3.63, 3.8) is 0 Å². The molecule has 1 N–H and O–H groups in total. The minimum Gasteiger partial charge on any atom is -0.342 e. The molecule has 0 aromatic heterocycles. The third-order valence-corrected chi connectivity index (χ3v) is 4.71. The van der Waals surface area contributed by atoms with E-state index in [-0.39, 0.29) is 18.3 Å². The number of carbonyl (C=O) groups is 1. The summed E-state index contributed by atoms with van der Waals surface area (Å²) in [6.45, 7) is 2.79. The molecule has 2 rings (SSSR count). The van der Waals surface area contributed by atoms with Crippen LogP contribution in [0.5, 0.6) is 0 Å². The van der Waals surface area contributed by atoms with Crippen LogP contribution < -0.4 is 5.32 Å². The molecule has 1 aliphatic rings. The molecule has 1 heterocycles. The lowest BCUT2D eigenvalue weighted by atomic mass is 10.1. The van der Waals surface area contributed by atoms with E-state index in [2.05, 4.69) is 5.32 Å². The summed E-state index contributed by atoms with van der Waals surface area (Å²) in [5, 5.41) is 4.33. The number of hydrogen-bond donors (Lipinski definition) is 1. The van der Waals surface area contributed by atoms with Crippen molar-refractivity contribution in [1.82, 2.24) is 10.2 Å². The Bertz CT molecular complexity index is 496. The molecule has 1 aromatic carbocycles. The number of rotatable bonds is 6. The summed E-state index contributed by atoms with van der Waals surface area (Å²) in [5.74, 6) is 0.877. The largest absolute Gasteiger partial charge is 0.342 e. The van der Waals surface area contributed by atoms with E-state index in [1.54, 1.807) is 0 Å². The second kappa shape index (κ2) is 9.61. The molecular formula is C16H23Cl3N2O. The van der Waals surface area contributed by atoms with Crippen LogP contribution in [0.2, 0.25) is 10.0 Å². The zero-order chi connectivity index (χ0) is 15.2. The number of likely N-dealkylation sites (tertiary alicyclic amines) is 1. The molecule has 1 fully saturated rings. The summed E-state index contributed by atoms with van der Waals surface area (Å²) in [5.41, 5.74) is 1.13. The van der Waals surface area contributed by atoms with Crippen molar-refractivity contribution in [1.29, 1.82) is 0 Å². The third kappa shape index (κ3) is 5.62. The molecular weight excluding hydrogens is 343 g/mol. The van der Waals surface area contributed by atoms with Crippen LogP contribution in [0.25, 0.3) is 0 Å². The van der Waals surface area contributed by atoms with E-state index in [1.807, 2.05) is 30.1 Å². The van der Waals surface area contributed by atoms with Gasteiger partial charge in [0.25, 0.3) is 0 Å². The Hall–Kier alpha value is -0.480. The number of carbonyl (C=O) groups excluding carboxylic acids is 1. The Kier molecular flexibility index (Phi) is 8.55. The van der Waals surface area contributed by atoms with Gasteiger partial charge < -0.3 is 10.2 Å². The van der Waals surface area contributed by atoms with Crippen LogP contribution in [-0.2, 0) is 11.2 Å². The van der Waals surface area contributed by atoms with Crippen LogP contribution in [0.1, 0.15) is 24.8 Å². The Balaban J connectivity index is 0.00000242. The third-order valence-electron chi connectivity index (χ3n) is 3.97. The fourth-order valence-corrected chi connectivity index (χ4v) is 3.13. The zero-order valence-corrected chi connectivity index (χ0v) is 15.1. The summed E-state index contributed by atoms with van der Waals surface area (Å²) >= 11 is 11.9. The molecule has 1 amide bonds. The van der Waals surface area contributed by atoms with Crippen LogP contribution in [0.15, 0.2) is 18.2 Å². The highest BCUT2D eigenvalue weighted by atomic mass is 35.5. The van der Waals surface area contributed by atoms with Gasteiger partial charge in [-0.3, -0.25) is 4.79 Å². The zero-order valence-electron chi connectivity index (χ0n) is 12.8. The first-order valence-corrected chi connectivity index (χ1v) is 8.22. The maximum atomic E-state index is 12.2. The molecule has 0 saturated carbocycles. The molecule has 0 aliphatic carbocycles. The maximum Gasteiger partial charge on any atom is 0.222 e. The monoisotopic (exact) mass is 364 g/mol. The maximum absolute atomic E-state index is 12.2. The molecule has 1 aliphatic heterocycles. The van der Waals surface area contributed by atoms with Crippen LogP contribution in [0, 0.1) is 5.92 Å². The first kappa shape index (κ1) is 19.6. The summed E-state index contributed by atoms with van der Waals surface area (Å²) < 4.78 is 0. The molecule has 1 aromatic rings. The van der Waals surface area contributed by atoms with Crippen molar-refractivity contribution < 1.29 is 4.79 Å². The van der Waals surface area contributed by atoms with E-state index in [0.717, 1.165) is 44.5 Å². The topological polar surface area (TPSA) is 32.3 Å². The number of hydrogen-bond acceptors (Lipinski definition) is 2. The minimum atomic E-state index is 0. The van der Waals surface area contributed by atoms with Gasteiger partial charge in [-0.15, -0.1) is 12.4 Å². The van der Waals surface area contributed by atoms with Gasteiger partial charge in [0.1, 0.15) is 0 Å². The van der Waals surface area contributed by atoms with Gasteiger partial charge in [0, 0.05) is 19.5 Å². The van der Waals surface area contributed by atoms with Gasteiger partial charge in [-0.2, -0.15) is 0 Å². The van der Waals surface area contributed by atoms with E-state index >= 15 is 0 Å². The van der Waals surface area contributed by atoms with Gasteiger partial charge in [0.05, 0.1) is 10.0 Å². The van der Waals surface area contributed by atoms with E-state index < -0.39 is 0 Å². The normalized spacial score (nSPS) is 17.4. The Morgan fingerprint density at radius 1 is 1.36 bits per heavy atom. The van der Waals surface area contributed by atoms with Crippen molar-refractivity contribution in [2.75, 3.05) is 26.7 Å². The smallest absolute Gasteiger partial charge is 0.222 e. The average Bonchev–Trinajstić information content (AvgIpc) is 2.92. The first-order chi connectivity index (χ1) is 10.1. The van der Waals surface area contributed by atoms with Gasteiger partial charge in [-0.1, -0.05) is 29.3 Å². The van der Waals surface area contributed by atoms with Crippen molar-refractivity contribution in [2.24, 2.45) is 5.92 Å². The van der Waals surface area contributed by atoms with Crippen LogP contribution >= 0.6 is 35.6 Å². The summed E-state index contributed by atoms with van der Waals surface area (Å²) in [7, 11) is 1.96. The van der Waals surface area contributed by atoms with Gasteiger partial charge >= 0.3 is 0 Å². The van der Waals surface area contributed by atoms with Gasteiger partial charge in [0.15, 0.2) is 0 Å². The highest BCUT2D eigenvalue weighted by Gasteiger charge is 2.25. The first-order valence-electron chi connectivity index (χ1n) is 7.46. The number of nitrogens with one attached hydrogen (secondary N) is 1. The van der Waals surface area contributed by atoms with Crippen molar-refractivity contribution >= 4 is 41.5 Å². The molecule has 1 saturated heterocycles. The van der Waals surface area contributed by atoms with Crippen LogP contribution in [0.3, 0.4) is 0 Å². The molecule has 0 radical (unpaired) electrons. The quantitative estimate of drug-likeness (QED) is 0.831. The lowest BCUT2D eigenvalue weighted by molar-refractivity contribution is -0.130. The average molecular weight is 366 g/mol. The molecule has 3 nitrogen and oxygen atoms in total. The standard InChI is InChI=1S/C16H22Cl2N2O.ClH/c1-19-10-13-7-8-20(11-13)16(21)4-2-3-12-5-6-14(17)15(18)9-12;/h5-6,9,13,19H,2-4,7-8,10-11H2,1H3;1H. The molecule has 0 spiro atoms. The SMILES string of the molecule is CNCC1CCN(C(=O)CCCc2ccc(Cl)c(Cl)c2)C1.Cl. The number of nitrogens with zero attached hydrogens (tertiary/aromatic N) is 1. The van der Waals surface area contributed by atoms with Gasteiger partial charge in [0.2, 0.25) is 5.91 Å². The number of benzene rings is 1.